The molecule has 1 aromatic carbocycles. The number of nitrogens with one attached hydrogen (secondary N) is 1. The van der Waals surface area contributed by atoms with Gasteiger partial charge in [0, 0.05) is 28.9 Å². The lowest BCUT2D eigenvalue weighted by Gasteiger charge is -2.18. The summed E-state index contributed by atoms with van der Waals surface area (Å²) in [5.74, 6) is 0.715. The first-order valence-electron chi connectivity index (χ1n) is 9.43. The van der Waals surface area contributed by atoms with E-state index in [9.17, 15) is 4.79 Å². The predicted octanol–water partition coefficient (Wildman–Crippen LogP) is 5.44. The molecule has 4 rings (SSSR count). The van der Waals surface area contributed by atoms with Crippen molar-refractivity contribution in [1.29, 1.82) is 0 Å². The van der Waals surface area contributed by atoms with Gasteiger partial charge < -0.3 is 9.84 Å². The van der Waals surface area contributed by atoms with Crippen molar-refractivity contribution in [2.75, 3.05) is 0 Å². The topological polar surface area (TPSA) is 68.0 Å². The highest BCUT2D eigenvalue weighted by molar-refractivity contribution is 7.10. The first-order valence-corrected chi connectivity index (χ1v) is 10.3. The number of pyridine rings is 1. The summed E-state index contributed by atoms with van der Waals surface area (Å²) in [5, 5.41) is 9.06. The van der Waals surface area contributed by atoms with E-state index in [2.05, 4.69) is 53.6 Å². The molecule has 1 unspecified atom stereocenters. The Hall–Kier alpha value is -3.25. The van der Waals surface area contributed by atoms with Gasteiger partial charge in [-0.3, -0.25) is 9.78 Å². The van der Waals surface area contributed by atoms with Gasteiger partial charge >= 0.3 is 0 Å². The molecule has 29 heavy (non-hydrogen) atoms. The number of carbonyl (C=O) groups is 1. The lowest BCUT2D eigenvalue weighted by molar-refractivity contribution is 0.0934. The summed E-state index contributed by atoms with van der Waals surface area (Å²) in [6, 6.07) is 17.4. The molecule has 3 aromatic heterocycles. The van der Waals surface area contributed by atoms with Crippen molar-refractivity contribution >= 4 is 17.2 Å². The number of benzene rings is 1. The summed E-state index contributed by atoms with van der Waals surface area (Å²) >= 11 is 1.61. The van der Waals surface area contributed by atoms with Crippen molar-refractivity contribution < 1.29 is 9.32 Å². The maximum atomic E-state index is 12.9. The highest BCUT2D eigenvalue weighted by Gasteiger charge is 2.21. The van der Waals surface area contributed by atoms with Crippen molar-refractivity contribution in [3.8, 4) is 11.3 Å². The third-order valence-corrected chi connectivity index (χ3v) is 5.68. The molecule has 0 saturated heterocycles. The molecule has 0 aliphatic rings. The minimum atomic E-state index is -0.277. The normalized spacial score (nSPS) is 12.1. The van der Waals surface area contributed by atoms with Gasteiger partial charge in [0.05, 0.1) is 6.04 Å². The highest BCUT2D eigenvalue weighted by atomic mass is 32.1. The van der Waals surface area contributed by atoms with E-state index in [-0.39, 0.29) is 17.6 Å². The van der Waals surface area contributed by atoms with Gasteiger partial charge in [0.25, 0.3) is 5.91 Å². The van der Waals surface area contributed by atoms with Crippen LogP contribution in [0.2, 0.25) is 0 Å². The molecular formula is C23H21N3O2S. The Morgan fingerprint density at radius 3 is 2.41 bits per heavy atom. The maximum absolute atomic E-state index is 12.9. The average molecular weight is 404 g/mol. The van der Waals surface area contributed by atoms with E-state index in [0.29, 0.717) is 11.7 Å². The lowest BCUT2D eigenvalue weighted by Crippen LogP contribution is -2.29. The number of rotatable bonds is 6. The molecule has 1 atom stereocenters. The van der Waals surface area contributed by atoms with Crippen molar-refractivity contribution in [3.05, 3.63) is 94.1 Å². The van der Waals surface area contributed by atoms with Gasteiger partial charge in [0.15, 0.2) is 11.5 Å². The van der Waals surface area contributed by atoms with Crippen LogP contribution in [0.3, 0.4) is 0 Å². The molecule has 146 valence electrons. The number of aromatic nitrogens is 2. The number of thiophene rings is 1. The predicted molar refractivity (Wildman–Crippen MR) is 114 cm³/mol. The summed E-state index contributed by atoms with van der Waals surface area (Å²) in [6.07, 6.45) is 3.34. The zero-order valence-electron chi connectivity index (χ0n) is 16.2. The fourth-order valence-corrected chi connectivity index (χ4v) is 3.89. The van der Waals surface area contributed by atoms with Crippen molar-refractivity contribution in [3.63, 3.8) is 0 Å². The second kappa shape index (κ2) is 8.41. The monoisotopic (exact) mass is 403 g/mol. The summed E-state index contributed by atoms with van der Waals surface area (Å²) < 4.78 is 5.36. The molecule has 0 aliphatic heterocycles. The number of hydrogen-bond acceptors (Lipinski definition) is 5. The molecule has 0 aliphatic carbocycles. The largest absolute Gasteiger partial charge is 0.355 e. The summed E-state index contributed by atoms with van der Waals surface area (Å²) in [7, 11) is 0. The van der Waals surface area contributed by atoms with Gasteiger partial charge in [-0.25, -0.2) is 0 Å². The van der Waals surface area contributed by atoms with Crippen LogP contribution in [0.5, 0.6) is 0 Å². The van der Waals surface area contributed by atoms with E-state index in [4.69, 9.17) is 4.52 Å². The van der Waals surface area contributed by atoms with E-state index in [1.165, 1.54) is 5.56 Å². The smallest absolute Gasteiger partial charge is 0.274 e. The molecule has 5 nitrogen and oxygen atoms in total. The van der Waals surface area contributed by atoms with Crippen LogP contribution in [0.25, 0.3) is 11.3 Å². The van der Waals surface area contributed by atoms with Crippen LogP contribution in [0.4, 0.5) is 0 Å². The molecule has 0 saturated carbocycles. The van der Waals surface area contributed by atoms with Gasteiger partial charge in [-0.2, -0.15) is 0 Å². The fourth-order valence-electron chi connectivity index (χ4n) is 3.09. The van der Waals surface area contributed by atoms with Crippen LogP contribution in [0, 0.1) is 0 Å². The van der Waals surface area contributed by atoms with Crippen molar-refractivity contribution in [2.45, 2.75) is 25.8 Å². The Morgan fingerprint density at radius 1 is 1.03 bits per heavy atom. The molecule has 0 spiro atoms. The molecule has 1 amide bonds. The number of amides is 1. The van der Waals surface area contributed by atoms with Crippen molar-refractivity contribution in [2.24, 2.45) is 0 Å². The molecule has 0 fully saturated rings. The summed E-state index contributed by atoms with van der Waals surface area (Å²) in [6.45, 7) is 4.33. The molecule has 4 aromatic rings. The van der Waals surface area contributed by atoms with E-state index in [1.54, 1.807) is 29.8 Å². The molecule has 6 heteroatoms. The van der Waals surface area contributed by atoms with Crippen LogP contribution >= 0.6 is 11.3 Å². The molecule has 0 radical (unpaired) electrons. The van der Waals surface area contributed by atoms with E-state index < -0.39 is 0 Å². The quantitative estimate of drug-likeness (QED) is 0.465. The summed E-state index contributed by atoms with van der Waals surface area (Å²) in [4.78, 5) is 18.0. The fraction of sp³-hybridized carbons (Fsp3) is 0.174. The van der Waals surface area contributed by atoms with E-state index in [1.807, 2.05) is 29.6 Å². The Balaban J connectivity index is 1.58. The molecule has 0 bridgehead atoms. The average Bonchev–Trinajstić information content (AvgIpc) is 3.45. The van der Waals surface area contributed by atoms with Crippen LogP contribution in [-0.2, 0) is 0 Å². The zero-order valence-corrected chi connectivity index (χ0v) is 17.0. The molecule has 3 heterocycles. The first-order chi connectivity index (χ1) is 14.1. The zero-order chi connectivity index (χ0) is 20.2. The van der Waals surface area contributed by atoms with E-state index >= 15 is 0 Å². The van der Waals surface area contributed by atoms with Crippen LogP contribution in [0.1, 0.15) is 52.3 Å². The SMILES string of the molecule is CC(C)c1ccc(C(NC(=O)c2cc(-c3ccncc3)on2)c2cccs2)cc1. The first kappa shape index (κ1) is 19.1. The lowest BCUT2D eigenvalue weighted by atomic mass is 9.98. The number of hydrogen-bond donors (Lipinski definition) is 1. The van der Waals surface area contributed by atoms with Crippen LogP contribution in [-0.4, -0.2) is 16.0 Å². The maximum Gasteiger partial charge on any atom is 0.274 e. The summed E-state index contributed by atoms with van der Waals surface area (Å²) in [5.41, 5.74) is 3.37. The minimum absolute atomic E-state index is 0.246. The minimum Gasteiger partial charge on any atom is -0.355 e. The highest BCUT2D eigenvalue weighted by Crippen LogP contribution is 2.28. The second-order valence-corrected chi connectivity index (χ2v) is 8.03. The van der Waals surface area contributed by atoms with Gasteiger partial charge in [-0.15, -0.1) is 11.3 Å². The van der Waals surface area contributed by atoms with Gasteiger partial charge in [0.1, 0.15) is 0 Å². The van der Waals surface area contributed by atoms with Gasteiger partial charge in [-0.05, 0) is 40.6 Å². The van der Waals surface area contributed by atoms with Crippen LogP contribution in [0.15, 0.2) is 76.9 Å². The molecule has 1 N–H and O–H groups in total. The molecular weight excluding hydrogens is 382 g/mol. The number of carbonyl (C=O) groups excluding carboxylic acids is 1. The van der Waals surface area contributed by atoms with Gasteiger partial charge in [-0.1, -0.05) is 49.3 Å². The third-order valence-electron chi connectivity index (χ3n) is 4.75. The van der Waals surface area contributed by atoms with E-state index in [0.717, 1.165) is 16.0 Å². The van der Waals surface area contributed by atoms with Gasteiger partial charge in [0.2, 0.25) is 0 Å². The van der Waals surface area contributed by atoms with Crippen LogP contribution < -0.4 is 5.32 Å². The number of nitrogens with zero attached hydrogens (tertiary/aromatic N) is 2. The third kappa shape index (κ3) is 4.27. The Bertz CT molecular complexity index is 1070. The van der Waals surface area contributed by atoms with Crippen molar-refractivity contribution in [1.82, 2.24) is 15.5 Å². The standard InChI is InChI=1S/C23H21N3O2S/c1-15(2)16-5-7-18(8-6-16)22(21-4-3-13-29-21)25-23(27)19-14-20(28-26-19)17-9-11-24-12-10-17/h3-15,22H,1-2H3,(H,25,27). The Labute approximate surface area is 173 Å². The Morgan fingerprint density at radius 2 is 1.76 bits per heavy atom. The Kier molecular flexibility index (Phi) is 5.53. The second-order valence-electron chi connectivity index (χ2n) is 7.06.